The van der Waals surface area contributed by atoms with Crippen molar-refractivity contribution in [2.75, 3.05) is 67.1 Å². The summed E-state index contributed by atoms with van der Waals surface area (Å²) in [5.41, 5.74) is 1.33. The van der Waals surface area contributed by atoms with E-state index in [2.05, 4.69) is 69.4 Å². The van der Waals surface area contributed by atoms with Crippen LogP contribution in [0.2, 0.25) is 0 Å². The molecule has 0 saturated carbocycles. The lowest BCUT2D eigenvalue weighted by molar-refractivity contribution is 0.0195. The van der Waals surface area contributed by atoms with Crippen LogP contribution in [0.5, 0.6) is 0 Å². The minimum Gasteiger partial charge on any atom is -0.379 e. The van der Waals surface area contributed by atoms with Gasteiger partial charge in [0, 0.05) is 45.8 Å². The summed E-state index contributed by atoms with van der Waals surface area (Å²) >= 11 is 0. The first-order valence-corrected chi connectivity index (χ1v) is 9.68. The largest absolute Gasteiger partial charge is 0.379 e. The van der Waals surface area contributed by atoms with Crippen molar-refractivity contribution in [3.63, 3.8) is 0 Å². The van der Waals surface area contributed by atoms with Crippen LogP contribution < -0.4 is 5.32 Å². The number of benzene rings is 1. The number of ether oxygens (including phenoxy) is 1. The van der Waals surface area contributed by atoms with Crippen LogP contribution in [0.3, 0.4) is 0 Å². The van der Waals surface area contributed by atoms with Gasteiger partial charge >= 0.3 is 0 Å². The highest BCUT2D eigenvalue weighted by atomic mass is 127. The number of guanidine groups is 1. The molecule has 0 bridgehead atoms. The van der Waals surface area contributed by atoms with Crippen molar-refractivity contribution in [3.8, 4) is 0 Å². The maximum Gasteiger partial charge on any atom is 0.193 e. The molecule has 0 radical (unpaired) electrons. The summed E-state index contributed by atoms with van der Waals surface area (Å²) in [6, 6.07) is 11.6. The summed E-state index contributed by atoms with van der Waals surface area (Å²) in [5, 5.41) is 3.61. The number of likely N-dealkylation sites (N-methyl/N-ethyl adjacent to an activating group) is 1. The molecule has 0 amide bonds. The van der Waals surface area contributed by atoms with E-state index in [9.17, 15) is 0 Å². The van der Waals surface area contributed by atoms with Crippen LogP contribution in [0.15, 0.2) is 35.3 Å². The standard InChI is InChI=1S/C20H33N5O.HI/c1-21-20(22-15-19(23(2)3)17-7-5-4-6-8-17)25-10-9-18(16-25)24-11-13-26-14-12-24;/h4-8,18-19H,9-16H2,1-3H3,(H,21,22);1H. The molecule has 7 heteroatoms. The van der Waals surface area contributed by atoms with Crippen LogP contribution in [-0.2, 0) is 4.74 Å². The summed E-state index contributed by atoms with van der Waals surface area (Å²) in [7, 11) is 6.15. The Morgan fingerprint density at radius 1 is 1.22 bits per heavy atom. The first-order valence-electron chi connectivity index (χ1n) is 9.68. The van der Waals surface area contributed by atoms with Gasteiger partial charge in [-0.2, -0.15) is 0 Å². The number of morpholine rings is 1. The number of hydrogen-bond acceptors (Lipinski definition) is 4. The Morgan fingerprint density at radius 3 is 2.56 bits per heavy atom. The first-order chi connectivity index (χ1) is 12.7. The third-order valence-corrected chi connectivity index (χ3v) is 5.50. The number of hydrogen-bond donors (Lipinski definition) is 1. The van der Waals surface area contributed by atoms with E-state index in [4.69, 9.17) is 4.74 Å². The molecule has 0 spiro atoms. The minimum absolute atomic E-state index is 0. The van der Waals surface area contributed by atoms with Gasteiger partial charge < -0.3 is 19.9 Å². The van der Waals surface area contributed by atoms with Crippen molar-refractivity contribution >= 4 is 29.9 Å². The van der Waals surface area contributed by atoms with E-state index in [1.54, 1.807) is 0 Å². The number of nitrogens with zero attached hydrogens (tertiary/aromatic N) is 4. The summed E-state index contributed by atoms with van der Waals surface area (Å²) < 4.78 is 5.49. The van der Waals surface area contributed by atoms with E-state index in [-0.39, 0.29) is 24.0 Å². The van der Waals surface area contributed by atoms with Crippen LogP contribution in [0.25, 0.3) is 0 Å². The monoisotopic (exact) mass is 487 g/mol. The van der Waals surface area contributed by atoms with Crippen LogP contribution in [0.4, 0.5) is 0 Å². The van der Waals surface area contributed by atoms with Gasteiger partial charge in [-0.15, -0.1) is 24.0 Å². The maximum absolute atomic E-state index is 5.49. The fourth-order valence-electron chi connectivity index (χ4n) is 3.97. The van der Waals surface area contributed by atoms with Crippen LogP contribution >= 0.6 is 24.0 Å². The fraction of sp³-hybridized carbons (Fsp3) is 0.650. The van der Waals surface area contributed by atoms with E-state index in [1.165, 1.54) is 12.0 Å². The molecule has 1 N–H and O–H groups in total. The van der Waals surface area contributed by atoms with Crippen LogP contribution in [0.1, 0.15) is 18.0 Å². The van der Waals surface area contributed by atoms with Crippen molar-refractivity contribution in [2.45, 2.75) is 18.5 Å². The molecule has 2 aliphatic heterocycles. The lowest BCUT2D eigenvalue weighted by Crippen LogP contribution is -2.47. The fourth-order valence-corrected chi connectivity index (χ4v) is 3.97. The van der Waals surface area contributed by atoms with Crippen molar-refractivity contribution in [3.05, 3.63) is 35.9 Å². The van der Waals surface area contributed by atoms with Gasteiger partial charge in [-0.25, -0.2) is 0 Å². The number of aliphatic imine (C=N–C) groups is 1. The second-order valence-corrected chi connectivity index (χ2v) is 7.36. The zero-order valence-corrected chi connectivity index (χ0v) is 19.1. The Morgan fingerprint density at radius 2 is 1.93 bits per heavy atom. The van der Waals surface area contributed by atoms with Gasteiger partial charge in [0.15, 0.2) is 5.96 Å². The third-order valence-electron chi connectivity index (χ3n) is 5.50. The quantitative estimate of drug-likeness (QED) is 0.391. The van der Waals surface area contributed by atoms with Crippen LogP contribution in [-0.4, -0.2) is 93.8 Å². The average Bonchev–Trinajstić information content (AvgIpc) is 3.16. The molecule has 1 aromatic carbocycles. The smallest absolute Gasteiger partial charge is 0.193 e. The second-order valence-electron chi connectivity index (χ2n) is 7.36. The molecule has 2 heterocycles. The third kappa shape index (κ3) is 6.04. The Bertz CT molecular complexity index is 577. The number of rotatable bonds is 5. The van der Waals surface area contributed by atoms with Gasteiger partial charge in [-0.05, 0) is 26.1 Å². The molecule has 2 saturated heterocycles. The van der Waals surface area contributed by atoms with Gasteiger partial charge in [0.2, 0.25) is 0 Å². The summed E-state index contributed by atoms with van der Waals surface area (Å²) in [5.74, 6) is 1.02. The molecule has 152 valence electrons. The van der Waals surface area contributed by atoms with Gasteiger partial charge in [-0.1, -0.05) is 30.3 Å². The highest BCUT2D eigenvalue weighted by molar-refractivity contribution is 14.0. The Kier molecular flexibility index (Phi) is 9.28. The molecule has 2 fully saturated rings. The second kappa shape index (κ2) is 11.2. The Balaban J connectivity index is 0.00000261. The lowest BCUT2D eigenvalue weighted by atomic mass is 10.1. The summed E-state index contributed by atoms with van der Waals surface area (Å²) in [6.07, 6.45) is 1.20. The minimum atomic E-state index is 0. The highest BCUT2D eigenvalue weighted by Crippen LogP contribution is 2.19. The molecule has 2 atom stereocenters. The highest BCUT2D eigenvalue weighted by Gasteiger charge is 2.30. The number of likely N-dealkylation sites (tertiary alicyclic amines) is 1. The molecule has 3 rings (SSSR count). The molecule has 1 aromatic rings. The van der Waals surface area contributed by atoms with E-state index < -0.39 is 0 Å². The summed E-state index contributed by atoms with van der Waals surface area (Å²) in [6.45, 7) is 6.82. The molecule has 0 aromatic heterocycles. The first kappa shape index (κ1) is 22.4. The van der Waals surface area contributed by atoms with Crippen molar-refractivity contribution in [1.29, 1.82) is 0 Å². The normalized spacial score (nSPS) is 22.6. The Labute approximate surface area is 181 Å². The van der Waals surface area contributed by atoms with E-state index in [0.29, 0.717) is 12.1 Å². The molecule has 0 aliphatic carbocycles. The lowest BCUT2D eigenvalue weighted by Gasteiger charge is -2.32. The molecule has 27 heavy (non-hydrogen) atoms. The van der Waals surface area contributed by atoms with Gasteiger partial charge in [0.1, 0.15) is 0 Å². The van der Waals surface area contributed by atoms with Crippen LogP contribution in [0, 0.1) is 0 Å². The van der Waals surface area contributed by atoms with Crippen molar-refractivity contribution in [1.82, 2.24) is 20.0 Å². The van der Waals surface area contributed by atoms with Crippen molar-refractivity contribution in [2.24, 2.45) is 4.99 Å². The zero-order chi connectivity index (χ0) is 18.4. The number of nitrogens with one attached hydrogen (secondary N) is 1. The average molecular weight is 487 g/mol. The Hall–Kier alpha value is -0.900. The molecule has 2 aliphatic rings. The maximum atomic E-state index is 5.49. The van der Waals surface area contributed by atoms with Gasteiger partial charge in [-0.3, -0.25) is 9.89 Å². The van der Waals surface area contributed by atoms with E-state index in [1.807, 2.05) is 7.05 Å². The molecule has 6 nitrogen and oxygen atoms in total. The SMILES string of the molecule is CN=C(NCC(c1ccccc1)N(C)C)N1CCC(N2CCOCC2)C1.I. The molecular weight excluding hydrogens is 453 g/mol. The summed E-state index contributed by atoms with van der Waals surface area (Å²) in [4.78, 5) is 11.8. The predicted molar refractivity (Wildman–Crippen MR) is 122 cm³/mol. The van der Waals surface area contributed by atoms with Crippen molar-refractivity contribution < 1.29 is 4.74 Å². The molecule has 2 unspecified atom stereocenters. The van der Waals surface area contributed by atoms with Gasteiger partial charge in [0.25, 0.3) is 0 Å². The predicted octanol–water partition coefficient (Wildman–Crippen LogP) is 1.89. The van der Waals surface area contributed by atoms with E-state index >= 15 is 0 Å². The number of halogens is 1. The molecular formula is C20H34IN5O. The van der Waals surface area contributed by atoms with E-state index in [0.717, 1.165) is 51.9 Å². The zero-order valence-electron chi connectivity index (χ0n) is 16.8. The topological polar surface area (TPSA) is 43.3 Å². The van der Waals surface area contributed by atoms with Gasteiger partial charge in [0.05, 0.1) is 19.3 Å².